The number of nitrogens with two attached hydrogens (primary N) is 4. The number of carbonyl (C=O) groups is 18. The molecule has 0 bridgehead atoms. The maximum absolute atomic E-state index is 16.2. The lowest BCUT2D eigenvalue weighted by Crippen LogP contribution is -2.61. The number of alkyl halides is 1. The molecule has 0 aliphatic carbocycles. The summed E-state index contributed by atoms with van der Waals surface area (Å²) in [7, 11) is 5.41. The van der Waals surface area contributed by atoms with Crippen molar-refractivity contribution in [2.75, 3.05) is 65.9 Å². The molecule has 2 aromatic heterocycles. The summed E-state index contributed by atoms with van der Waals surface area (Å²) in [6.07, 6.45) is 0.0674. The van der Waals surface area contributed by atoms with Gasteiger partial charge in [-0.05, 0) is 112 Å². The third-order valence-electron chi connectivity index (χ3n) is 23.6. The predicted octanol–water partition coefficient (Wildman–Crippen LogP) is -1.24. The fourth-order valence-corrected chi connectivity index (χ4v) is 17.1. The van der Waals surface area contributed by atoms with E-state index in [1.54, 1.807) is 99.0 Å². The number of likely N-dealkylation sites (N-methyl/N-ethyl adjacent to an activating group) is 3. The Morgan fingerprint density at radius 3 is 1.64 bits per heavy atom. The monoisotopic (exact) mass is 1840 g/mol. The molecule has 5 heterocycles. The number of amides is 18. The van der Waals surface area contributed by atoms with Crippen molar-refractivity contribution in [2.24, 2.45) is 28.9 Å². The maximum Gasteiger partial charge on any atom is 0.246 e. The van der Waals surface area contributed by atoms with Crippen molar-refractivity contribution < 1.29 is 95.4 Å². The molecule has 131 heavy (non-hydrogen) atoms. The molecule has 3 fully saturated rings. The quantitative estimate of drug-likeness (QED) is 0.0325. The van der Waals surface area contributed by atoms with E-state index >= 15 is 38.0 Å². The Labute approximate surface area is 763 Å². The number of fused-ring (bicyclic) bond motifs is 4. The summed E-state index contributed by atoms with van der Waals surface area (Å²) in [5, 5.41) is 27.5. The van der Waals surface area contributed by atoms with Crippen molar-refractivity contribution in [3.8, 4) is 5.75 Å². The minimum atomic E-state index is -1.87. The van der Waals surface area contributed by atoms with E-state index in [0.29, 0.717) is 69.9 Å². The van der Waals surface area contributed by atoms with Crippen LogP contribution in [0.3, 0.4) is 0 Å². The third-order valence-corrected chi connectivity index (χ3v) is 24.6. The topological polar surface area (TPSA) is 589 Å². The second-order valence-electron chi connectivity index (χ2n) is 33.9. The Balaban J connectivity index is 1.18. The van der Waals surface area contributed by atoms with Gasteiger partial charge >= 0.3 is 0 Å². The number of para-hydroxylation sites is 2. The molecular weight excluding hydrogens is 1720 g/mol. The van der Waals surface area contributed by atoms with Crippen LogP contribution in [-0.2, 0) is 106 Å². The van der Waals surface area contributed by atoms with E-state index < -0.39 is 247 Å². The molecule has 5 aromatic rings. The smallest absolute Gasteiger partial charge is 0.246 e. The highest BCUT2D eigenvalue weighted by molar-refractivity contribution is 8.00. The molecule has 0 unspecified atom stereocenters. The van der Waals surface area contributed by atoms with E-state index in [2.05, 4.69) is 63.1 Å². The van der Waals surface area contributed by atoms with Crippen LogP contribution in [0.4, 0.5) is 4.39 Å². The first kappa shape index (κ1) is 104. The SMILES string of the molecule is CCCC[C@H]1C(=O)N(C)[C@@H](CCCC)C(=O)N[C@@H](CCCN)C(=O)N[C@H](C(=O)NCC(N)=O)CSCC(=O)N[C@@H](Cc2ccc(OC)cc2)C(=O)N(C)[C@@H](C)C(=O)N[C@H](CC(N)=O)C(=O)N2CCC[C@H]2C(=O)N[C@@H](CC(N)=O)C(=O)N[C@@H](CC(C)C)C(=O)N2C[C@H](F)C[C@H]2C(=O)N[C@@H](Cc2c[nH]c3ccccc23)C(=O)N[C@@H](C)C(=O)N[C@@H](Cc2c[nH]c3ccccc23)C(=O)N1C. The van der Waals surface area contributed by atoms with Crippen LogP contribution in [0.25, 0.3) is 21.8 Å². The lowest BCUT2D eigenvalue weighted by atomic mass is 10.00. The van der Waals surface area contributed by atoms with Crippen LogP contribution >= 0.6 is 11.8 Å². The Kier molecular flexibility index (Phi) is 39.0. The summed E-state index contributed by atoms with van der Waals surface area (Å²) in [4.78, 5) is 273. The van der Waals surface area contributed by atoms with Gasteiger partial charge in [0.1, 0.15) is 96.5 Å². The van der Waals surface area contributed by atoms with Gasteiger partial charge in [-0.25, -0.2) is 4.39 Å². The molecule has 0 radical (unpaired) electrons. The minimum absolute atomic E-state index is 0.0116. The third kappa shape index (κ3) is 28.9. The second kappa shape index (κ2) is 49.3. The van der Waals surface area contributed by atoms with Gasteiger partial charge in [-0.2, -0.15) is 0 Å². The number of aromatic nitrogens is 2. The molecule has 3 saturated heterocycles. The Morgan fingerprint density at radius 2 is 1.05 bits per heavy atom. The zero-order valence-corrected chi connectivity index (χ0v) is 76.5. The van der Waals surface area contributed by atoms with E-state index in [1.165, 1.54) is 51.9 Å². The van der Waals surface area contributed by atoms with Crippen LogP contribution in [0.5, 0.6) is 5.75 Å². The molecule has 714 valence electrons. The van der Waals surface area contributed by atoms with E-state index in [9.17, 15) is 52.7 Å². The fraction of sp³-hybridized carbons (Fsp3) is 0.551. The molecule has 15 atom stereocenters. The largest absolute Gasteiger partial charge is 0.497 e. The number of hydrogen-bond donors (Lipinski definition) is 16. The van der Waals surface area contributed by atoms with Crippen LogP contribution in [0.1, 0.15) is 148 Å². The number of hydrogen-bond acceptors (Lipinski definition) is 21. The van der Waals surface area contributed by atoms with Gasteiger partial charge in [0, 0.05) is 93.3 Å². The highest BCUT2D eigenvalue weighted by Crippen LogP contribution is 2.29. The summed E-state index contributed by atoms with van der Waals surface area (Å²) < 4.78 is 21.5. The highest BCUT2D eigenvalue weighted by atomic mass is 32.2. The van der Waals surface area contributed by atoms with Crippen LogP contribution in [0.15, 0.2) is 85.2 Å². The molecule has 3 aliphatic rings. The van der Waals surface area contributed by atoms with Gasteiger partial charge in [0.2, 0.25) is 106 Å². The summed E-state index contributed by atoms with van der Waals surface area (Å²) in [6, 6.07) is -1.12. The Bertz CT molecular complexity index is 4940. The van der Waals surface area contributed by atoms with E-state index in [-0.39, 0.29) is 77.3 Å². The first-order valence-corrected chi connectivity index (χ1v) is 45.3. The van der Waals surface area contributed by atoms with Crippen LogP contribution in [0.2, 0.25) is 0 Å². The number of primary amides is 3. The van der Waals surface area contributed by atoms with E-state index in [0.717, 1.165) is 26.5 Å². The second-order valence-corrected chi connectivity index (χ2v) is 35.0. The number of nitrogens with one attached hydrogen (secondary N) is 12. The van der Waals surface area contributed by atoms with Crippen molar-refractivity contribution in [3.63, 3.8) is 0 Å². The number of benzene rings is 3. The molecule has 40 nitrogen and oxygen atoms in total. The Morgan fingerprint density at radius 1 is 0.527 bits per heavy atom. The molecule has 8 rings (SSSR count). The minimum Gasteiger partial charge on any atom is -0.497 e. The molecule has 18 amide bonds. The van der Waals surface area contributed by atoms with Gasteiger partial charge in [0.25, 0.3) is 0 Å². The van der Waals surface area contributed by atoms with Crippen LogP contribution in [0, 0.1) is 5.92 Å². The summed E-state index contributed by atoms with van der Waals surface area (Å²) in [5.41, 5.74) is 25.7. The van der Waals surface area contributed by atoms with Gasteiger partial charge < -0.3 is 115 Å². The van der Waals surface area contributed by atoms with Crippen molar-refractivity contribution in [1.82, 2.24) is 87.6 Å². The number of thioether (sulfide) groups is 1. The first-order valence-electron chi connectivity index (χ1n) is 44.2. The van der Waals surface area contributed by atoms with Gasteiger partial charge in [0.15, 0.2) is 0 Å². The number of ether oxygens (including phenoxy) is 1. The lowest BCUT2D eigenvalue weighted by Gasteiger charge is -2.36. The molecule has 42 heteroatoms. The maximum atomic E-state index is 16.2. The standard InChI is InChI=1S/C89H126FN21O19S/c1-11-13-26-68-82(122)100-60(25-19-33-91)79(119)106-67(78(118)97-44-74(94)114)46-131-47-75(115)99-64(36-51-29-31-55(130-10)32-30-51)85(125)107(7)50(6)77(117)104-66(41-73(93)113)87(127)110-34-20-28-69(110)83(123)102-62(40-72(92)112)81(121)105-63(35-48(3)4)88(128)111-45-54(90)39-71(111)84(124)101-61(37-52-42-95-58-23-17-15-21-56(52)58)80(120)98-49(5)76(116)103-65(38-53-43-96-59-24-18-16-22-57(53)59)86(126)109(9)70(27-14-12-2)89(129)108(68)8/h15-18,21-24,29-32,42-43,48-50,54,60-71,95-96H,11-14,19-20,25-28,33-41,44-47,91H2,1-10H3,(H2,92,112)(H2,93,113)(H2,94,114)(H,97,118)(H,98,120)(H,99,115)(H,100,122)(H,101,124)(H,102,123)(H,103,116)(H,104,117)(H,105,121)(H,106,119)/t49-,50-,54+,60-,61-,62-,63-,64-,65-,66+,67-,68-,69-,70-,71-/m0/s1. The fourth-order valence-electron chi connectivity index (χ4n) is 16.2. The average molecular weight is 1850 g/mol. The van der Waals surface area contributed by atoms with Gasteiger partial charge in [-0.1, -0.05) is 102 Å². The number of nitrogens with zero attached hydrogens (tertiary/aromatic N) is 5. The highest BCUT2D eigenvalue weighted by Gasteiger charge is 2.47. The molecule has 3 aromatic carbocycles. The summed E-state index contributed by atoms with van der Waals surface area (Å²) >= 11 is 0.793. The molecule has 0 saturated carbocycles. The van der Waals surface area contributed by atoms with Gasteiger partial charge in [0.05, 0.1) is 38.8 Å². The van der Waals surface area contributed by atoms with Crippen LogP contribution in [-0.4, -0.2) is 297 Å². The number of methoxy groups -OCH3 is 1. The van der Waals surface area contributed by atoms with E-state index in [4.69, 9.17) is 27.7 Å². The van der Waals surface area contributed by atoms with Gasteiger partial charge in [-0.3, -0.25) is 86.3 Å². The van der Waals surface area contributed by atoms with Crippen molar-refractivity contribution >= 4 is 140 Å². The summed E-state index contributed by atoms with van der Waals surface area (Å²) in [5.74, 6) is -18.1. The Hall–Kier alpha value is -12.8. The molecule has 3 aliphatic heterocycles. The lowest BCUT2D eigenvalue weighted by molar-refractivity contribution is -0.149. The number of unbranched alkanes of at least 4 members (excludes halogenated alkanes) is 2. The normalized spacial score (nSPS) is 25.2. The summed E-state index contributed by atoms with van der Waals surface area (Å²) in [6.45, 7) is 8.14. The number of rotatable bonds is 25. The van der Waals surface area contributed by atoms with Gasteiger partial charge in [-0.15, -0.1) is 11.8 Å². The van der Waals surface area contributed by atoms with E-state index in [1.807, 2.05) is 13.8 Å². The number of halogens is 1. The predicted molar refractivity (Wildman–Crippen MR) is 483 cm³/mol. The van der Waals surface area contributed by atoms with Crippen molar-refractivity contribution in [1.29, 1.82) is 0 Å². The molecule has 20 N–H and O–H groups in total. The molecule has 0 spiro atoms. The van der Waals surface area contributed by atoms with Crippen molar-refractivity contribution in [3.05, 3.63) is 102 Å². The number of carbonyl (C=O) groups excluding carboxylic acids is 18. The number of H-pyrrole nitrogens is 2. The van der Waals surface area contributed by atoms with Crippen molar-refractivity contribution in [2.45, 2.75) is 241 Å². The number of aromatic amines is 2. The average Bonchev–Trinajstić information content (AvgIpc) is 1.76. The van der Waals surface area contributed by atoms with Crippen LogP contribution < -0.4 is 80.8 Å². The first-order chi connectivity index (χ1) is 62.3. The zero-order valence-electron chi connectivity index (χ0n) is 75.7. The molecular formula is C89H126FN21O19S. The zero-order chi connectivity index (χ0) is 96.2.